The highest BCUT2D eigenvalue weighted by molar-refractivity contribution is 5.92. The fraction of sp³-hybridized carbons (Fsp3) is 0.312. The Morgan fingerprint density at radius 1 is 1.27 bits per heavy atom. The van der Waals surface area contributed by atoms with Gasteiger partial charge in [0.25, 0.3) is 5.91 Å². The minimum absolute atomic E-state index is 0.0909. The van der Waals surface area contributed by atoms with Gasteiger partial charge in [-0.05, 0) is 19.4 Å². The summed E-state index contributed by atoms with van der Waals surface area (Å²) in [6.45, 7) is 4.22. The van der Waals surface area contributed by atoms with Crippen molar-refractivity contribution in [2.45, 2.75) is 32.9 Å². The lowest BCUT2D eigenvalue weighted by molar-refractivity contribution is 0.0934. The summed E-state index contributed by atoms with van der Waals surface area (Å²) in [6.07, 6.45) is 3.72. The first kappa shape index (κ1) is 15.9. The molecule has 0 aliphatic heterocycles. The van der Waals surface area contributed by atoms with Crippen LogP contribution in [0.3, 0.4) is 0 Å². The zero-order valence-corrected chi connectivity index (χ0v) is 12.6. The summed E-state index contributed by atoms with van der Waals surface area (Å²) in [5.41, 5.74) is 0.805. The zero-order valence-electron chi connectivity index (χ0n) is 12.6. The van der Waals surface area contributed by atoms with Gasteiger partial charge in [-0.2, -0.15) is 0 Å². The Morgan fingerprint density at radius 2 is 2.05 bits per heavy atom. The number of hydrogen-bond donors (Lipinski definition) is 2. The molecule has 1 heterocycles. The summed E-state index contributed by atoms with van der Waals surface area (Å²) in [6, 6.07) is 6.61. The number of benzene rings is 1. The average Bonchev–Trinajstić information content (AvgIpc) is 2.54. The van der Waals surface area contributed by atoms with Crippen LogP contribution in [0.2, 0.25) is 0 Å². The van der Waals surface area contributed by atoms with Crippen LogP contribution in [0.4, 0.5) is 10.2 Å². The van der Waals surface area contributed by atoms with E-state index in [1.165, 1.54) is 18.5 Å². The van der Waals surface area contributed by atoms with Crippen molar-refractivity contribution < 1.29 is 9.18 Å². The Bertz CT molecular complexity index is 630. The van der Waals surface area contributed by atoms with Crippen molar-refractivity contribution in [2.24, 2.45) is 0 Å². The van der Waals surface area contributed by atoms with Crippen molar-refractivity contribution in [1.82, 2.24) is 15.3 Å². The fourth-order valence-electron chi connectivity index (χ4n) is 1.76. The monoisotopic (exact) mass is 302 g/mol. The van der Waals surface area contributed by atoms with Crippen LogP contribution < -0.4 is 10.6 Å². The number of hydrogen-bond acceptors (Lipinski definition) is 4. The summed E-state index contributed by atoms with van der Waals surface area (Å²) in [7, 11) is 0. The topological polar surface area (TPSA) is 66.9 Å². The van der Waals surface area contributed by atoms with E-state index < -0.39 is 0 Å². The average molecular weight is 302 g/mol. The molecule has 116 valence electrons. The van der Waals surface area contributed by atoms with Crippen molar-refractivity contribution in [3.63, 3.8) is 0 Å². The maximum Gasteiger partial charge on any atom is 0.271 e. The third-order valence-corrected chi connectivity index (χ3v) is 3.29. The first-order valence-electron chi connectivity index (χ1n) is 7.20. The van der Waals surface area contributed by atoms with Crippen LogP contribution in [0, 0.1) is 5.82 Å². The van der Waals surface area contributed by atoms with Gasteiger partial charge in [0.05, 0.1) is 12.4 Å². The second-order valence-electron chi connectivity index (χ2n) is 5.01. The normalized spacial score (nSPS) is 11.8. The fourth-order valence-corrected chi connectivity index (χ4v) is 1.76. The van der Waals surface area contributed by atoms with Gasteiger partial charge in [0.15, 0.2) is 0 Å². The number of rotatable bonds is 6. The van der Waals surface area contributed by atoms with Crippen LogP contribution in [0.25, 0.3) is 0 Å². The Balaban J connectivity index is 1.95. The predicted octanol–water partition coefficient (Wildman–Crippen LogP) is 2.76. The van der Waals surface area contributed by atoms with E-state index in [1.807, 2.05) is 13.8 Å². The Morgan fingerprint density at radius 3 is 2.68 bits per heavy atom. The van der Waals surface area contributed by atoms with E-state index in [0.29, 0.717) is 17.9 Å². The molecule has 0 saturated heterocycles. The van der Waals surface area contributed by atoms with E-state index in [4.69, 9.17) is 0 Å². The van der Waals surface area contributed by atoms with E-state index in [1.54, 1.807) is 18.2 Å². The van der Waals surface area contributed by atoms with Crippen molar-refractivity contribution >= 4 is 11.7 Å². The number of halogens is 1. The molecule has 0 bridgehead atoms. The van der Waals surface area contributed by atoms with Gasteiger partial charge < -0.3 is 10.6 Å². The molecule has 6 heteroatoms. The molecular formula is C16H19FN4O. The van der Waals surface area contributed by atoms with Gasteiger partial charge in [0, 0.05) is 18.2 Å². The highest BCUT2D eigenvalue weighted by Crippen LogP contribution is 2.09. The lowest BCUT2D eigenvalue weighted by Gasteiger charge is -2.11. The highest BCUT2D eigenvalue weighted by atomic mass is 19.1. The quantitative estimate of drug-likeness (QED) is 0.861. The molecule has 1 unspecified atom stereocenters. The van der Waals surface area contributed by atoms with Gasteiger partial charge >= 0.3 is 0 Å². The Labute approximate surface area is 129 Å². The second kappa shape index (κ2) is 7.49. The van der Waals surface area contributed by atoms with Crippen LogP contribution in [0.5, 0.6) is 0 Å². The van der Waals surface area contributed by atoms with Gasteiger partial charge in [-0.25, -0.2) is 14.4 Å². The van der Waals surface area contributed by atoms with Gasteiger partial charge in [0.1, 0.15) is 17.3 Å². The Kier molecular flexibility index (Phi) is 5.41. The zero-order chi connectivity index (χ0) is 15.9. The van der Waals surface area contributed by atoms with Crippen LogP contribution >= 0.6 is 0 Å². The molecule has 2 aromatic rings. The molecule has 0 spiro atoms. The number of carbonyl (C=O) groups excluding carboxylic acids is 1. The van der Waals surface area contributed by atoms with Crippen molar-refractivity contribution in [3.8, 4) is 0 Å². The molecule has 0 saturated carbocycles. The van der Waals surface area contributed by atoms with Gasteiger partial charge in [0.2, 0.25) is 0 Å². The minimum Gasteiger partial charge on any atom is -0.365 e. The molecule has 0 aliphatic rings. The molecule has 22 heavy (non-hydrogen) atoms. The SMILES string of the molecule is CCC(C)NC(=O)c1cnc(NCc2ccccc2F)cn1. The number of anilines is 1. The summed E-state index contributed by atoms with van der Waals surface area (Å²) in [4.78, 5) is 20.1. The molecule has 0 aliphatic carbocycles. The summed E-state index contributed by atoms with van der Waals surface area (Å²) in [5.74, 6) is -0.0293. The number of nitrogens with zero attached hydrogens (tertiary/aromatic N) is 2. The highest BCUT2D eigenvalue weighted by Gasteiger charge is 2.10. The Hall–Kier alpha value is -2.50. The molecule has 1 atom stereocenters. The van der Waals surface area contributed by atoms with E-state index in [-0.39, 0.29) is 23.5 Å². The van der Waals surface area contributed by atoms with Crippen LogP contribution in [-0.4, -0.2) is 21.9 Å². The molecule has 1 amide bonds. The summed E-state index contributed by atoms with van der Waals surface area (Å²) < 4.78 is 13.5. The lowest BCUT2D eigenvalue weighted by atomic mass is 10.2. The van der Waals surface area contributed by atoms with Gasteiger partial charge in [-0.15, -0.1) is 0 Å². The minimum atomic E-state index is -0.271. The lowest BCUT2D eigenvalue weighted by Crippen LogP contribution is -2.32. The second-order valence-corrected chi connectivity index (χ2v) is 5.01. The van der Waals surface area contributed by atoms with E-state index in [0.717, 1.165) is 6.42 Å². The molecule has 0 radical (unpaired) electrons. The third-order valence-electron chi connectivity index (χ3n) is 3.29. The molecule has 1 aromatic heterocycles. The first-order valence-corrected chi connectivity index (χ1v) is 7.20. The number of aromatic nitrogens is 2. The van der Waals surface area contributed by atoms with Crippen LogP contribution in [0.15, 0.2) is 36.7 Å². The standard InChI is InChI=1S/C16H19FN4O/c1-3-11(2)21-16(22)14-9-20-15(10-18-14)19-8-12-6-4-5-7-13(12)17/h4-7,9-11H,3,8H2,1-2H3,(H,19,20)(H,21,22). The summed E-state index contributed by atoms with van der Waals surface area (Å²) in [5, 5.41) is 5.79. The number of nitrogens with one attached hydrogen (secondary N) is 2. The molecule has 2 N–H and O–H groups in total. The van der Waals surface area contributed by atoms with Crippen molar-refractivity contribution in [1.29, 1.82) is 0 Å². The molecule has 1 aromatic carbocycles. The van der Waals surface area contributed by atoms with E-state index >= 15 is 0 Å². The summed E-state index contributed by atoms with van der Waals surface area (Å²) >= 11 is 0. The van der Waals surface area contributed by atoms with Crippen LogP contribution in [-0.2, 0) is 6.54 Å². The third kappa shape index (κ3) is 4.25. The smallest absolute Gasteiger partial charge is 0.271 e. The van der Waals surface area contributed by atoms with E-state index in [9.17, 15) is 9.18 Å². The molecule has 2 rings (SSSR count). The molecular weight excluding hydrogens is 283 g/mol. The van der Waals surface area contributed by atoms with Gasteiger partial charge in [-0.3, -0.25) is 4.79 Å². The van der Waals surface area contributed by atoms with E-state index in [2.05, 4.69) is 20.6 Å². The molecule has 0 fully saturated rings. The van der Waals surface area contributed by atoms with Crippen LogP contribution in [0.1, 0.15) is 36.3 Å². The first-order chi connectivity index (χ1) is 10.6. The predicted molar refractivity (Wildman–Crippen MR) is 83.0 cm³/mol. The van der Waals surface area contributed by atoms with Crippen molar-refractivity contribution in [3.05, 3.63) is 53.7 Å². The largest absolute Gasteiger partial charge is 0.365 e. The maximum atomic E-state index is 13.5. The van der Waals surface area contributed by atoms with Crippen molar-refractivity contribution in [2.75, 3.05) is 5.32 Å². The number of amides is 1. The maximum absolute atomic E-state index is 13.5. The van der Waals surface area contributed by atoms with Gasteiger partial charge in [-0.1, -0.05) is 25.1 Å². The molecule has 5 nitrogen and oxygen atoms in total. The number of carbonyl (C=O) groups is 1.